The minimum absolute atomic E-state index is 0.0647. The van der Waals surface area contributed by atoms with Gasteiger partial charge in [-0.05, 0) is 41.0 Å². The van der Waals surface area contributed by atoms with Gasteiger partial charge in [0.05, 0.1) is 31.4 Å². The molecule has 42 heavy (non-hydrogen) atoms. The molecule has 2 fully saturated rings. The Morgan fingerprint density at radius 2 is 1.98 bits per heavy atom. The van der Waals surface area contributed by atoms with Crippen LogP contribution in [0.1, 0.15) is 44.9 Å². The van der Waals surface area contributed by atoms with Crippen molar-refractivity contribution >= 4 is 11.6 Å². The highest BCUT2D eigenvalue weighted by Gasteiger charge is 2.46. The number of anilines is 1. The van der Waals surface area contributed by atoms with E-state index in [1.807, 2.05) is 23.7 Å². The molecular weight excluding hydrogens is 559 g/mol. The maximum absolute atomic E-state index is 14.3. The van der Waals surface area contributed by atoms with Crippen LogP contribution < -0.4 is 4.90 Å². The summed E-state index contributed by atoms with van der Waals surface area (Å²) in [5, 5.41) is 17.3. The highest BCUT2D eigenvalue weighted by atomic mass is 19.4. The molecule has 8 nitrogen and oxygen atoms in total. The Balaban J connectivity index is 1.29. The molecule has 4 heterocycles. The molecule has 0 saturated carbocycles. The van der Waals surface area contributed by atoms with E-state index < -0.39 is 41.3 Å². The van der Waals surface area contributed by atoms with Crippen LogP contribution in [0.5, 0.6) is 0 Å². The van der Waals surface area contributed by atoms with Crippen LogP contribution >= 0.6 is 0 Å². The maximum atomic E-state index is 14.3. The predicted octanol–water partition coefficient (Wildman–Crippen LogP) is 4.49. The van der Waals surface area contributed by atoms with Gasteiger partial charge in [0.2, 0.25) is 0 Å². The number of hydrogen-bond acceptors (Lipinski definition) is 6. The number of nitriles is 1. The van der Waals surface area contributed by atoms with E-state index in [0.29, 0.717) is 25.3 Å². The minimum atomic E-state index is -4.73. The van der Waals surface area contributed by atoms with Crippen molar-refractivity contribution in [3.05, 3.63) is 76.4 Å². The topological polar surface area (TPSA) is 87.3 Å². The first kappa shape index (κ1) is 28.2. The molecule has 0 unspecified atom stereocenters. The quantitative estimate of drug-likeness (QED) is 0.396. The lowest BCUT2D eigenvalue weighted by atomic mass is 9.75. The zero-order valence-electron chi connectivity index (χ0n) is 22.7. The Kier molecular flexibility index (Phi) is 6.81. The van der Waals surface area contributed by atoms with Gasteiger partial charge in [0.25, 0.3) is 11.8 Å². The summed E-state index contributed by atoms with van der Waals surface area (Å²) in [6.07, 6.45) is -3.15. The normalized spacial score (nSPS) is 21.6. The largest absolute Gasteiger partial charge is 0.416 e. The maximum Gasteiger partial charge on any atom is 0.416 e. The van der Waals surface area contributed by atoms with E-state index in [-0.39, 0.29) is 42.9 Å². The molecule has 2 saturated heterocycles. The minimum Gasteiger partial charge on any atom is -0.379 e. The number of nitrogens with zero attached hydrogens (tertiary/aromatic N) is 6. The number of aryl methyl sites for hydroxylation is 1. The molecule has 3 aromatic rings. The summed E-state index contributed by atoms with van der Waals surface area (Å²) in [5.74, 6) is -4.51. The molecule has 1 atom stereocenters. The molecule has 0 radical (unpaired) electrons. The fraction of sp³-hybridized carbons (Fsp3) is 0.448. The second-order valence-corrected chi connectivity index (χ2v) is 11.3. The second-order valence-electron chi connectivity index (χ2n) is 11.3. The van der Waals surface area contributed by atoms with Gasteiger partial charge < -0.3 is 14.2 Å². The van der Waals surface area contributed by atoms with E-state index in [4.69, 9.17) is 10.00 Å². The van der Waals surface area contributed by atoms with Crippen LogP contribution in [0.2, 0.25) is 0 Å². The summed E-state index contributed by atoms with van der Waals surface area (Å²) in [4.78, 5) is 16.5. The predicted molar refractivity (Wildman–Crippen MR) is 140 cm³/mol. The molecular formula is C29H27F5N6O2. The molecule has 1 amide bonds. The van der Waals surface area contributed by atoms with Crippen LogP contribution in [0.4, 0.5) is 27.6 Å². The monoisotopic (exact) mass is 586 g/mol. The molecule has 6 rings (SSSR count). The molecule has 0 aliphatic carbocycles. The number of piperidine rings is 1. The lowest BCUT2D eigenvalue weighted by Gasteiger charge is -2.42. The number of aromatic nitrogens is 3. The van der Waals surface area contributed by atoms with Crippen LogP contribution in [0, 0.1) is 17.2 Å². The highest BCUT2D eigenvalue weighted by Crippen LogP contribution is 2.42. The van der Waals surface area contributed by atoms with E-state index >= 15 is 0 Å². The number of carbonyl (C=O) groups excluding carboxylic acids is 1. The summed E-state index contributed by atoms with van der Waals surface area (Å²) >= 11 is 0. The molecule has 1 aromatic heterocycles. The van der Waals surface area contributed by atoms with Crippen LogP contribution in [-0.2, 0) is 42.9 Å². The number of fused-ring (bicyclic) bond motifs is 1. The first-order valence-corrected chi connectivity index (χ1v) is 13.5. The summed E-state index contributed by atoms with van der Waals surface area (Å²) in [6, 6.07) is 11.2. The van der Waals surface area contributed by atoms with E-state index in [9.17, 15) is 26.7 Å². The van der Waals surface area contributed by atoms with E-state index in [1.165, 1.54) is 15.9 Å². The number of rotatable bonds is 6. The molecule has 13 heteroatoms. The van der Waals surface area contributed by atoms with Gasteiger partial charge in [-0.1, -0.05) is 12.1 Å². The first-order chi connectivity index (χ1) is 19.9. The van der Waals surface area contributed by atoms with E-state index in [1.54, 1.807) is 24.5 Å². The van der Waals surface area contributed by atoms with Crippen molar-refractivity contribution in [1.29, 1.82) is 5.26 Å². The van der Waals surface area contributed by atoms with E-state index in [0.717, 1.165) is 17.5 Å². The molecule has 0 bridgehead atoms. The van der Waals surface area contributed by atoms with Crippen molar-refractivity contribution in [3.63, 3.8) is 0 Å². The van der Waals surface area contributed by atoms with Crippen molar-refractivity contribution < 1.29 is 31.5 Å². The summed E-state index contributed by atoms with van der Waals surface area (Å²) in [7, 11) is 1.84. The third-order valence-electron chi connectivity index (χ3n) is 8.51. The Morgan fingerprint density at radius 3 is 2.62 bits per heavy atom. The Morgan fingerprint density at radius 1 is 1.19 bits per heavy atom. The molecule has 0 N–H and O–H groups in total. The molecule has 3 aliphatic heterocycles. The second kappa shape index (κ2) is 10.1. The number of alkyl halides is 5. The van der Waals surface area contributed by atoms with Crippen LogP contribution in [-0.4, -0.2) is 57.8 Å². The number of benzene rings is 2. The van der Waals surface area contributed by atoms with Crippen LogP contribution in [0.15, 0.2) is 42.7 Å². The van der Waals surface area contributed by atoms with Crippen molar-refractivity contribution in [1.82, 2.24) is 19.7 Å². The zero-order valence-corrected chi connectivity index (χ0v) is 22.7. The third-order valence-corrected chi connectivity index (χ3v) is 8.51. The number of hydrogen-bond donors (Lipinski definition) is 0. The van der Waals surface area contributed by atoms with Gasteiger partial charge in [-0.2, -0.15) is 18.4 Å². The first-order valence-electron chi connectivity index (χ1n) is 13.5. The summed E-state index contributed by atoms with van der Waals surface area (Å²) in [6.45, 7) is 0.164. The SMILES string of the molecule is Cn1cnnc1CC1(c2cccc(N3Cc4c(cc(CN5CCC(F)(F)[C@H](C#N)C5)cc4C(F)(F)F)C3=O)c2)COC1. The van der Waals surface area contributed by atoms with Gasteiger partial charge in [0.15, 0.2) is 0 Å². The zero-order chi connectivity index (χ0) is 29.9. The lowest BCUT2D eigenvalue weighted by molar-refractivity contribution is -0.138. The number of halogens is 5. The van der Waals surface area contributed by atoms with Gasteiger partial charge in [-0.15, -0.1) is 10.2 Å². The molecule has 220 valence electrons. The number of likely N-dealkylation sites (tertiary alicyclic amines) is 1. The fourth-order valence-electron chi connectivity index (χ4n) is 6.02. The summed E-state index contributed by atoms with van der Waals surface area (Å²) < 4.78 is 78.1. The highest BCUT2D eigenvalue weighted by molar-refractivity contribution is 6.10. The smallest absolute Gasteiger partial charge is 0.379 e. The number of amides is 1. The van der Waals surface area contributed by atoms with Crippen LogP contribution in [0.3, 0.4) is 0 Å². The van der Waals surface area contributed by atoms with E-state index in [2.05, 4.69) is 10.2 Å². The van der Waals surface area contributed by atoms with Crippen molar-refractivity contribution in [2.75, 3.05) is 31.2 Å². The standard InChI is InChI=1S/C29H27F5N6O2/c1-38-17-36-37-25(38)10-27(15-42-16-27)19-3-2-4-21(9-19)40-14-23-22(26(40)41)7-18(8-24(23)29(32,33)34)12-39-6-5-28(30,31)20(11-35)13-39/h2-4,7-9,17,20H,5-6,10,12-16H2,1H3/t20-/m1/s1. The Bertz CT molecular complexity index is 1580. The van der Waals surface area contributed by atoms with Gasteiger partial charge in [-0.25, -0.2) is 8.78 Å². The Hall–Kier alpha value is -3.89. The van der Waals surface area contributed by atoms with Gasteiger partial charge >= 0.3 is 6.18 Å². The van der Waals surface area contributed by atoms with Crippen molar-refractivity contribution in [2.45, 2.75) is 43.4 Å². The molecule has 3 aliphatic rings. The number of carbonyl (C=O) groups is 1. The van der Waals surface area contributed by atoms with Crippen molar-refractivity contribution in [3.8, 4) is 6.07 Å². The van der Waals surface area contributed by atoms with Gasteiger partial charge in [0, 0.05) is 56.2 Å². The van der Waals surface area contributed by atoms with Crippen LogP contribution in [0.25, 0.3) is 0 Å². The summed E-state index contributed by atoms with van der Waals surface area (Å²) in [5.41, 5.74) is -0.00361. The van der Waals surface area contributed by atoms with Gasteiger partial charge in [-0.3, -0.25) is 9.69 Å². The Labute approximate surface area is 238 Å². The third kappa shape index (κ3) is 4.92. The lowest BCUT2D eigenvalue weighted by Crippen LogP contribution is -2.49. The molecule has 0 spiro atoms. The molecule has 2 aromatic carbocycles. The van der Waals surface area contributed by atoms with Crippen molar-refractivity contribution in [2.24, 2.45) is 13.0 Å². The fourth-order valence-corrected chi connectivity index (χ4v) is 6.02. The average molecular weight is 587 g/mol. The number of ether oxygens (including phenoxy) is 1. The van der Waals surface area contributed by atoms with Gasteiger partial charge in [0.1, 0.15) is 18.1 Å². The average Bonchev–Trinajstić information content (AvgIpc) is 3.48.